The Hall–Kier alpha value is -1.81. The van der Waals surface area contributed by atoms with Gasteiger partial charge in [0.25, 0.3) is 5.91 Å². The van der Waals surface area contributed by atoms with E-state index in [1.165, 1.54) is 11.3 Å². The van der Waals surface area contributed by atoms with Crippen molar-refractivity contribution in [3.05, 3.63) is 36.1 Å². The molecule has 1 fully saturated rings. The molecule has 4 nitrogen and oxygen atoms in total. The van der Waals surface area contributed by atoms with Crippen molar-refractivity contribution < 1.29 is 14.0 Å². The smallest absolute Gasteiger partial charge is 0.281 e. The molecule has 0 saturated carbocycles. The van der Waals surface area contributed by atoms with Crippen LogP contribution >= 0.6 is 0 Å². The third-order valence-electron chi connectivity index (χ3n) is 2.69. The highest BCUT2D eigenvalue weighted by molar-refractivity contribution is 6.05. The molecule has 1 aromatic heterocycles. The Bertz CT molecular complexity index is 526. The lowest BCUT2D eigenvalue weighted by Gasteiger charge is -2.12. The van der Waals surface area contributed by atoms with E-state index in [4.69, 9.17) is 9.25 Å². The van der Waals surface area contributed by atoms with Crippen LogP contribution in [0.4, 0.5) is 0 Å². The summed E-state index contributed by atoms with van der Waals surface area (Å²) in [5.41, 5.74) is 1.29. The standard InChI is InChI=1S/C12H11NO3/c14-12(13-6-3-7-16-13)10-8-15-11-5-2-1-4-9(10)11/h1-2,4-5,8H,3,6-7H2. The maximum absolute atomic E-state index is 12.1. The van der Waals surface area contributed by atoms with E-state index in [0.717, 1.165) is 17.4 Å². The molecule has 1 aliphatic heterocycles. The van der Waals surface area contributed by atoms with E-state index in [0.29, 0.717) is 18.7 Å². The van der Waals surface area contributed by atoms with Crippen molar-refractivity contribution >= 4 is 16.9 Å². The lowest BCUT2D eigenvalue weighted by Crippen LogP contribution is -2.26. The number of benzene rings is 1. The number of furan rings is 1. The van der Waals surface area contributed by atoms with Crippen LogP contribution in [-0.4, -0.2) is 24.1 Å². The summed E-state index contributed by atoms with van der Waals surface area (Å²) in [6, 6.07) is 7.49. The van der Waals surface area contributed by atoms with Gasteiger partial charge in [-0.3, -0.25) is 9.63 Å². The number of amides is 1. The van der Waals surface area contributed by atoms with Gasteiger partial charge in [0.05, 0.1) is 18.7 Å². The van der Waals surface area contributed by atoms with Crippen molar-refractivity contribution in [2.45, 2.75) is 6.42 Å². The van der Waals surface area contributed by atoms with Crippen molar-refractivity contribution in [2.75, 3.05) is 13.2 Å². The number of hydroxylamine groups is 2. The lowest BCUT2D eigenvalue weighted by molar-refractivity contribution is -0.0767. The molecule has 0 spiro atoms. The second-order valence-electron chi connectivity index (χ2n) is 3.74. The van der Waals surface area contributed by atoms with Gasteiger partial charge in [0, 0.05) is 5.39 Å². The molecule has 0 bridgehead atoms. The zero-order chi connectivity index (χ0) is 11.0. The maximum atomic E-state index is 12.1. The van der Waals surface area contributed by atoms with Crippen LogP contribution in [0, 0.1) is 0 Å². The van der Waals surface area contributed by atoms with Gasteiger partial charge >= 0.3 is 0 Å². The van der Waals surface area contributed by atoms with Gasteiger partial charge in [-0.25, -0.2) is 5.06 Å². The fourth-order valence-corrected chi connectivity index (χ4v) is 1.89. The minimum Gasteiger partial charge on any atom is -0.463 e. The van der Waals surface area contributed by atoms with Crippen LogP contribution in [0.3, 0.4) is 0 Å². The third-order valence-corrected chi connectivity index (χ3v) is 2.69. The first-order chi connectivity index (χ1) is 7.86. The van der Waals surface area contributed by atoms with Crippen molar-refractivity contribution in [3.63, 3.8) is 0 Å². The summed E-state index contributed by atoms with van der Waals surface area (Å²) >= 11 is 0. The van der Waals surface area contributed by atoms with E-state index >= 15 is 0 Å². The van der Waals surface area contributed by atoms with Gasteiger partial charge in [0.15, 0.2) is 0 Å². The molecule has 1 amide bonds. The Kier molecular flexibility index (Phi) is 2.15. The normalized spacial score (nSPS) is 15.9. The second-order valence-corrected chi connectivity index (χ2v) is 3.74. The first-order valence-electron chi connectivity index (χ1n) is 5.27. The van der Waals surface area contributed by atoms with E-state index < -0.39 is 0 Å². The van der Waals surface area contributed by atoms with E-state index in [1.807, 2.05) is 24.3 Å². The first-order valence-corrected chi connectivity index (χ1v) is 5.27. The van der Waals surface area contributed by atoms with Gasteiger partial charge < -0.3 is 4.42 Å². The van der Waals surface area contributed by atoms with Gasteiger partial charge in [0.1, 0.15) is 11.8 Å². The Morgan fingerprint density at radius 3 is 3.00 bits per heavy atom. The van der Waals surface area contributed by atoms with E-state index in [-0.39, 0.29) is 5.91 Å². The predicted octanol–water partition coefficient (Wildman–Crippen LogP) is 2.21. The van der Waals surface area contributed by atoms with E-state index in [2.05, 4.69) is 0 Å². The largest absolute Gasteiger partial charge is 0.463 e. The van der Waals surface area contributed by atoms with Gasteiger partial charge in [0.2, 0.25) is 0 Å². The number of fused-ring (bicyclic) bond motifs is 1. The zero-order valence-electron chi connectivity index (χ0n) is 8.68. The average molecular weight is 217 g/mol. The maximum Gasteiger partial charge on any atom is 0.281 e. The van der Waals surface area contributed by atoms with Crippen LogP contribution in [0.2, 0.25) is 0 Å². The molecule has 0 unspecified atom stereocenters. The Morgan fingerprint density at radius 2 is 2.19 bits per heavy atom. The van der Waals surface area contributed by atoms with Gasteiger partial charge in [-0.2, -0.15) is 0 Å². The quantitative estimate of drug-likeness (QED) is 0.735. The Balaban J connectivity index is 2.02. The van der Waals surface area contributed by atoms with Crippen LogP contribution in [-0.2, 0) is 4.84 Å². The fraction of sp³-hybridized carbons (Fsp3) is 0.250. The molecule has 82 valence electrons. The summed E-state index contributed by atoms with van der Waals surface area (Å²) in [7, 11) is 0. The average Bonchev–Trinajstić information content (AvgIpc) is 2.98. The molecule has 2 aromatic rings. The summed E-state index contributed by atoms with van der Waals surface area (Å²) in [5, 5.41) is 2.24. The fourth-order valence-electron chi connectivity index (χ4n) is 1.89. The molecule has 1 saturated heterocycles. The highest BCUT2D eigenvalue weighted by Gasteiger charge is 2.23. The van der Waals surface area contributed by atoms with Gasteiger partial charge in [-0.1, -0.05) is 18.2 Å². The van der Waals surface area contributed by atoms with Crippen LogP contribution in [0.15, 0.2) is 34.9 Å². The van der Waals surface area contributed by atoms with Crippen molar-refractivity contribution in [1.82, 2.24) is 5.06 Å². The Morgan fingerprint density at radius 1 is 1.31 bits per heavy atom. The number of rotatable bonds is 1. The summed E-state index contributed by atoms with van der Waals surface area (Å²) in [5.74, 6) is -0.123. The number of para-hydroxylation sites is 1. The topological polar surface area (TPSA) is 42.7 Å². The van der Waals surface area contributed by atoms with Crippen LogP contribution < -0.4 is 0 Å². The molecule has 0 N–H and O–H groups in total. The summed E-state index contributed by atoms with van der Waals surface area (Å²) in [4.78, 5) is 17.3. The number of nitrogens with zero attached hydrogens (tertiary/aromatic N) is 1. The lowest BCUT2D eigenvalue weighted by atomic mass is 10.1. The van der Waals surface area contributed by atoms with E-state index in [9.17, 15) is 4.79 Å². The second kappa shape index (κ2) is 3.64. The number of hydrogen-bond donors (Lipinski definition) is 0. The third kappa shape index (κ3) is 1.39. The molecule has 1 aliphatic rings. The highest BCUT2D eigenvalue weighted by atomic mass is 16.7. The number of carbonyl (C=O) groups excluding carboxylic acids is 1. The molecule has 0 aliphatic carbocycles. The molecule has 0 radical (unpaired) electrons. The molecule has 4 heteroatoms. The monoisotopic (exact) mass is 217 g/mol. The molecular formula is C12H11NO3. The number of carbonyl (C=O) groups is 1. The highest BCUT2D eigenvalue weighted by Crippen LogP contribution is 2.23. The molecule has 2 heterocycles. The van der Waals surface area contributed by atoms with Crippen LogP contribution in [0.5, 0.6) is 0 Å². The van der Waals surface area contributed by atoms with Crippen molar-refractivity contribution in [2.24, 2.45) is 0 Å². The van der Waals surface area contributed by atoms with Gasteiger partial charge in [-0.05, 0) is 12.5 Å². The first kappa shape index (κ1) is 9.42. The minimum atomic E-state index is -0.123. The molecule has 1 aromatic carbocycles. The van der Waals surface area contributed by atoms with Crippen molar-refractivity contribution in [1.29, 1.82) is 0 Å². The SMILES string of the molecule is O=C(c1coc2ccccc12)N1CCCO1. The Labute approximate surface area is 92.4 Å². The summed E-state index contributed by atoms with van der Waals surface area (Å²) in [6.45, 7) is 1.26. The number of hydrogen-bond acceptors (Lipinski definition) is 3. The summed E-state index contributed by atoms with van der Waals surface area (Å²) < 4.78 is 5.33. The van der Waals surface area contributed by atoms with Crippen molar-refractivity contribution in [3.8, 4) is 0 Å². The molecular weight excluding hydrogens is 206 g/mol. The van der Waals surface area contributed by atoms with Gasteiger partial charge in [-0.15, -0.1) is 0 Å². The molecule has 3 rings (SSSR count). The summed E-state index contributed by atoms with van der Waals surface area (Å²) in [6.07, 6.45) is 2.39. The van der Waals surface area contributed by atoms with E-state index in [1.54, 1.807) is 0 Å². The zero-order valence-corrected chi connectivity index (χ0v) is 8.68. The van der Waals surface area contributed by atoms with Crippen LogP contribution in [0.1, 0.15) is 16.8 Å². The van der Waals surface area contributed by atoms with Crippen LogP contribution in [0.25, 0.3) is 11.0 Å². The minimum absolute atomic E-state index is 0.123. The predicted molar refractivity (Wildman–Crippen MR) is 57.8 cm³/mol. The molecule has 16 heavy (non-hydrogen) atoms. The molecule has 0 atom stereocenters.